The van der Waals surface area contributed by atoms with Gasteiger partial charge in [0.25, 0.3) is 0 Å². The highest BCUT2D eigenvalue weighted by Gasteiger charge is 2.21. The zero-order valence-corrected chi connectivity index (χ0v) is 16.0. The van der Waals surface area contributed by atoms with Crippen LogP contribution in [-0.4, -0.2) is 25.0 Å². The molecular formula is C24H31N. The fourth-order valence-electron chi connectivity index (χ4n) is 4.10. The molecule has 1 nitrogen and oxygen atoms in total. The van der Waals surface area contributed by atoms with Gasteiger partial charge >= 0.3 is 0 Å². The van der Waals surface area contributed by atoms with Crippen molar-refractivity contribution in [2.45, 2.75) is 46.0 Å². The van der Waals surface area contributed by atoms with Gasteiger partial charge in [-0.3, -0.25) is 0 Å². The predicted octanol–water partition coefficient (Wildman–Crippen LogP) is 5.73. The van der Waals surface area contributed by atoms with Crippen LogP contribution >= 0.6 is 0 Å². The van der Waals surface area contributed by atoms with Crippen LogP contribution < -0.4 is 0 Å². The van der Waals surface area contributed by atoms with E-state index in [0.29, 0.717) is 0 Å². The van der Waals surface area contributed by atoms with E-state index in [-0.39, 0.29) is 0 Å². The second-order valence-electron chi connectivity index (χ2n) is 6.95. The van der Waals surface area contributed by atoms with Crippen molar-refractivity contribution in [3.05, 3.63) is 76.4 Å². The molecule has 2 aromatic rings. The van der Waals surface area contributed by atoms with Gasteiger partial charge < -0.3 is 4.90 Å². The molecule has 0 N–H and O–H groups in total. The number of fused-ring (bicyclic) bond motifs is 2. The van der Waals surface area contributed by atoms with Gasteiger partial charge in [-0.1, -0.05) is 68.0 Å². The van der Waals surface area contributed by atoms with Crippen LogP contribution in [0.1, 0.15) is 55.4 Å². The van der Waals surface area contributed by atoms with Crippen LogP contribution in [0.4, 0.5) is 0 Å². The monoisotopic (exact) mass is 333 g/mol. The number of nitrogens with zero attached hydrogens (tertiary/aromatic N) is 1. The molecule has 4 rings (SSSR count). The third kappa shape index (κ3) is 3.88. The van der Waals surface area contributed by atoms with E-state index in [1.807, 2.05) is 13.8 Å². The zero-order chi connectivity index (χ0) is 17.6. The molecule has 0 amide bonds. The molecule has 2 aromatic carbocycles. The fraction of sp³-hybridized carbons (Fsp3) is 0.417. The summed E-state index contributed by atoms with van der Waals surface area (Å²) >= 11 is 0. The average molecular weight is 334 g/mol. The number of likely N-dealkylation sites (tertiary alicyclic amines) is 1. The van der Waals surface area contributed by atoms with Gasteiger partial charge in [0.1, 0.15) is 0 Å². The highest BCUT2D eigenvalue weighted by molar-refractivity contribution is 5.85. The van der Waals surface area contributed by atoms with Crippen molar-refractivity contribution in [3.63, 3.8) is 0 Å². The van der Waals surface area contributed by atoms with Gasteiger partial charge in [0.2, 0.25) is 0 Å². The molecule has 1 heterocycles. The molecule has 0 radical (unpaired) electrons. The fourth-order valence-corrected chi connectivity index (χ4v) is 4.10. The Bertz CT molecular complexity index is 682. The molecule has 0 aromatic heterocycles. The largest absolute Gasteiger partial charge is 0.306 e. The summed E-state index contributed by atoms with van der Waals surface area (Å²) in [7, 11) is 2.24. The summed E-state index contributed by atoms with van der Waals surface area (Å²) in [6.07, 6.45) is 6.05. The van der Waals surface area contributed by atoms with Gasteiger partial charge in [0.15, 0.2) is 0 Å². The number of rotatable bonds is 0. The van der Waals surface area contributed by atoms with E-state index in [0.717, 1.165) is 0 Å². The van der Waals surface area contributed by atoms with Crippen LogP contribution in [0.15, 0.2) is 54.1 Å². The van der Waals surface area contributed by atoms with Gasteiger partial charge in [-0.2, -0.15) is 0 Å². The lowest BCUT2D eigenvalue weighted by Gasteiger charge is -2.29. The van der Waals surface area contributed by atoms with E-state index < -0.39 is 0 Å². The lowest BCUT2D eigenvalue weighted by Crippen LogP contribution is -2.27. The molecular weight excluding hydrogens is 302 g/mol. The maximum Gasteiger partial charge on any atom is 0.00160 e. The van der Waals surface area contributed by atoms with Crippen LogP contribution in [0.5, 0.6) is 0 Å². The van der Waals surface area contributed by atoms with Crippen molar-refractivity contribution in [1.82, 2.24) is 4.90 Å². The van der Waals surface area contributed by atoms with Crippen LogP contribution in [0, 0.1) is 0 Å². The third-order valence-electron chi connectivity index (χ3n) is 5.41. The maximum atomic E-state index is 2.45. The smallest absolute Gasteiger partial charge is 0.00160 e. The van der Waals surface area contributed by atoms with Crippen LogP contribution in [0.25, 0.3) is 5.57 Å². The van der Waals surface area contributed by atoms with Gasteiger partial charge in [-0.25, -0.2) is 0 Å². The SMILES string of the molecule is CC.CN1CCC(=C2c3ccccc3CCCc3ccccc32)CC1. The molecule has 1 aliphatic carbocycles. The standard InChI is InChI=1S/C22H25N.C2H6/c1-23-15-13-19(14-16-23)22-20-11-4-2-7-17(20)9-6-10-18-8-3-5-12-21(18)22;1-2/h2-5,7-8,11-12H,6,9-10,13-16H2,1H3;1-2H3. The second kappa shape index (κ2) is 8.49. The lowest BCUT2D eigenvalue weighted by molar-refractivity contribution is 0.313. The molecule has 25 heavy (non-hydrogen) atoms. The Labute approximate surface area is 153 Å². The summed E-state index contributed by atoms with van der Waals surface area (Å²) in [5.74, 6) is 0. The summed E-state index contributed by atoms with van der Waals surface area (Å²) in [5.41, 5.74) is 9.24. The molecule has 0 bridgehead atoms. The third-order valence-corrected chi connectivity index (χ3v) is 5.41. The molecule has 0 spiro atoms. The molecule has 1 fully saturated rings. The lowest BCUT2D eigenvalue weighted by atomic mass is 9.81. The van der Waals surface area contributed by atoms with Crippen LogP contribution in [0.3, 0.4) is 0 Å². The molecule has 1 saturated heterocycles. The summed E-state index contributed by atoms with van der Waals surface area (Å²) in [6.45, 7) is 6.37. The minimum Gasteiger partial charge on any atom is -0.306 e. The first-order chi connectivity index (χ1) is 12.3. The maximum absolute atomic E-state index is 2.45. The van der Waals surface area contributed by atoms with Gasteiger partial charge in [0.05, 0.1) is 0 Å². The highest BCUT2D eigenvalue weighted by Crippen LogP contribution is 2.37. The van der Waals surface area contributed by atoms with Crippen molar-refractivity contribution < 1.29 is 0 Å². The minimum atomic E-state index is 1.18. The Kier molecular flexibility index (Phi) is 6.09. The summed E-state index contributed by atoms with van der Waals surface area (Å²) in [4.78, 5) is 2.45. The van der Waals surface area contributed by atoms with E-state index in [4.69, 9.17) is 0 Å². The minimum absolute atomic E-state index is 1.18. The van der Waals surface area contributed by atoms with Gasteiger partial charge in [-0.15, -0.1) is 0 Å². The van der Waals surface area contributed by atoms with Crippen molar-refractivity contribution >= 4 is 5.57 Å². The van der Waals surface area contributed by atoms with E-state index in [1.165, 1.54) is 67.4 Å². The molecule has 0 saturated carbocycles. The van der Waals surface area contributed by atoms with E-state index in [1.54, 1.807) is 11.1 Å². The average Bonchev–Trinajstić information content (AvgIpc) is 2.66. The van der Waals surface area contributed by atoms with E-state index in [9.17, 15) is 0 Å². The quantitative estimate of drug-likeness (QED) is 0.595. The number of piperidine rings is 1. The van der Waals surface area contributed by atoms with Crippen molar-refractivity contribution in [1.29, 1.82) is 0 Å². The molecule has 2 aliphatic rings. The molecule has 1 heteroatoms. The summed E-state index contributed by atoms with van der Waals surface area (Å²) < 4.78 is 0. The first kappa shape index (κ1) is 17.9. The Morgan fingerprint density at radius 2 is 1.16 bits per heavy atom. The first-order valence-electron chi connectivity index (χ1n) is 9.90. The number of hydrogen-bond donors (Lipinski definition) is 0. The Morgan fingerprint density at radius 1 is 0.680 bits per heavy atom. The molecule has 1 aliphatic heterocycles. The van der Waals surface area contributed by atoms with Gasteiger partial charge in [-0.05, 0) is 67.0 Å². The molecule has 132 valence electrons. The Morgan fingerprint density at radius 3 is 1.68 bits per heavy atom. The summed E-state index contributed by atoms with van der Waals surface area (Å²) in [5, 5.41) is 0. The Balaban J connectivity index is 0.000000880. The predicted molar refractivity (Wildman–Crippen MR) is 109 cm³/mol. The van der Waals surface area contributed by atoms with Crippen molar-refractivity contribution in [2.24, 2.45) is 0 Å². The van der Waals surface area contributed by atoms with Crippen LogP contribution in [-0.2, 0) is 12.8 Å². The zero-order valence-electron chi connectivity index (χ0n) is 16.0. The van der Waals surface area contributed by atoms with Crippen molar-refractivity contribution in [2.75, 3.05) is 20.1 Å². The van der Waals surface area contributed by atoms with Crippen molar-refractivity contribution in [3.8, 4) is 0 Å². The molecule has 0 unspecified atom stereocenters. The number of benzene rings is 2. The Hall–Kier alpha value is -1.86. The molecule has 0 atom stereocenters. The topological polar surface area (TPSA) is 3.24 Å². The van der Waals surface area contributed by atoms with E-state index >= 15 is 0 Å². The normalized spacial score (nSPS) is 17.6. The highest BCUT2D eigenvalue weighted by atomic mass is 15.1. The summed E-state index contributed by atoms with van der Waals surface area (Å²) in [6, 6.07) is 18.2. The number of hydrogen-bond acceptors (Lipinski definition) is 1. The van der Waals surface area contributed by atoms with Crippen LogP contribution in [0.2, 0.25) is 0 Å². The van der Waals surface area contributed by atoms with Gasteiger partial charge in [0, 0.05) is 13.1 Å². The number of aryl methyl sites for hydroxylation is 2. The second-order valence-corrected chi connectivity index (χ2v) is 6.95. The first-order valence-corrected chi connectivity index (χ1v) is 9.90. The van der Waals surface area contributed by atoms with E-state index in [2.05, 4.69) is 60.5 Å².